The number of carbonyl (C=O) groups excluding carboxylic acids is 1. The molecule has 5 nitrogen and oxygen atoms in total. The molecule has 1 aromatic rings. The number of hydrogen-bond donors (Lipinski definition) is 2. The number of aliphatic hydroxyl groups excluding tert-OH is 1. The van der Waals surface area contributed by atoms with Crippen LogP contribution >= 0.6 is 11.3 Å². The van der Waals surface area contributed by atoms with Gasteiger partial charge in [0.25, 0.3) is 0 Å². The van der Waals surface area contributed by atoms with Gasteiger partial charge in [-0.25, -0.2) is 4.79 Å². The Morgan fingerprint density at radius 2 is 2.26 bits per heavy atom. The number of aliphatic hydroxyl groups is 1. The van der Waals surface area contributed by atoms with Crippen LogP contribution in [0.25, 0.3) is 0 Å². The maximum absolute atomic E-state index is 12.0. The van der Waals surface area contributed by atoms with Crippen LogP contribution in [0.15, 0.2) is 17.5 Å². The summed E-state index contributed by atoms with van der Waals surface area (Å²) in [7, 11) is 1.78. The Balaban J connectivity index is 1.61. The maximum atomic E-state index is 12.0. The van der Waals surface area contributed by atoms with Crippen LogP contribution in [0.5, 0.6) is 0 Å². The van der Waals surface area contributed by atoms with Crippen molar-refractivity contribution in [2.24, 2.45) is 5.92 Å². The van der Waals surface area contributed by atoms with Crippen molar-refractivity contribution in [3.8, 4) is 0 Å². The molecule has 1 aromatic heterocycles. The first-order chi connectivity index (χ1) is 11.0. The van der Waals surface area contributed by atoms with Crippen LogP contribution in [-0.4, -0.2) is 60.3 Å². The predicted molar refractivity (Wildman–Crippen MR) is 94.6 cm³/mol. The third-order valence-electron chi connectivity index (χ3n) is 4.44. The zero-order valence-electron chi connectivity index (χ0n) is 14.2. The zero-order valence-corrected chi connectivity index (χ0v) is 15.0. The van der Waals surface area contributed by atoms with E-state index in [1.165, 1.54) is 4.88 Å². The van der Waals surface area contributed by atoms with E-state index in [-0.39, 0.29) is 12.1 Å². The summed E-state index contributed by atoms with van der Waals surface area (Å²) in [5.74, 6) is 0.573. The summed E-state index contributed by atoms with van der Waals surface area (Å²) >= 11 is 1.82. The van der Waals surface area contributed by atoms with E-state index in [1.807, 2.05) is 11.3 Å². The number of thiophene rings is 1. The minimum absolute atomic E-state index is 0.0355. The number of likely N-dealkylation sites (tertiary alicyclic amines) is 1. The normalized spacial score (nSPS) is 17.9. The van der Waals surface area contributed by atoms with Gasteiger partial charge in [0.2, 0.25) is 0 Å². The fourth-order valence-corrected chi connectivity index (χ4v) is 3.57. The lowest BCUT2D eigenvalue weighted by Gasteiger charge is -2.32. The molecule has 0 saturated carbocycles. The second-order valence-electron chi connectivity index (χ2n) is 6.54. The molecule has 1 fully saturated rings. The smallest absolute Gasteiger partial charge is 0.317 e. The van der Waals surface area contributed by atoms with Crippen molar-refractivity contribution in [1.29, 1.82) is 0 Å². The van der Waals surface area contributed by atoms with Crippen LogP contribution in [0, 0.1) is 5.92 Å². The number of nitrogens with one attached hydrogen (secondary N) is 1. The highest BCUT2D eigenvalue weighted by Gasteiger charge is 2.20. The van der Waals surface area contributed by atoms with Gasteiger partial charge in [-0.2, -0.15) is 0 Å². The fourth-order valence-electron chi connectivity index (χ4n) is 2.82. The van der Waals surface area contributed by atoms with Crippen LogP contribution in [-0.2, 0) is 6.54 Å². The molecule has 1 aliphatic rings. The van der Waals surface area contributed by atoms with Crippen molar-refractivity contribution in [3.63, 3.8) is 0 Å². The lowest BCUT2D eigenvalue weighted by atomic mass is 9.97. The SMILES string of the molecule is CC(O)CCN(C)C(=O)NCC1CCN(Cc2cccs2)CC1. The summed E-state index contributed by atoms with van der Waals surface area (Å²) in [6.07, 6.45) is 2.54. The quantitative estimate of drug-likeness (QED) is 0.802. The summed E-state index contributed by atoms with van der Waals surface area (Å²) in [5, 5.41) is 14.4. The average molecular weight is 340 g/mol. The predicted octanol–water partition coefficient (Wildman–Crippen LogP) is 2.37. The molecule has 0 bridgehead atoms. The lowest BCUT2D eigenvalue weighted by Crippen LogP contribution is -2.43. The number of urea groups is 1. The molecule has 2 heterocycles. The first kappa shape index (κ1) is 18.2. The van der Waals surface area contributed by atoms with E-state index in [0.29, 0.717) is 18.9 Å². The van der Waals surface area contributed by atoms with E-state index >= 15 is 0 Å². The van der Waals surface area contributed by atoms with Gasteiger partial charge in [-0.15, -0.1) is 11.3 Å². The molecular weight excluding hydrogens is 310 g/mol. The van der Waals surface area contributed by atoms with Crippen LogP contribution < -0.4 is 5.32 Å². The van der Waals surface area contributed by atoms with Crippen molar-refractivity contribution in [1.82, 2.24) is 15.1 Å². The number of hydrogen-bond acceptors (Lipinski definition) is 4. The third-order valence-corrected chi connectivity index (χ3v) is 5.30. The van der Waals surface area contributed by atoms with Gasteiger partial charge in [0.1, 0.15) is 0 Å². The molecule has 0 radical (unpaired) electrons. The zero-order chi connectivity index (χ0) is 16.7. The number of rotatable bonds is 7. The number of nitrogens with zero attached hydrogens (tertiary/aromatic N) is 2. The first-order valence-corrected chi connectivity index (χ1v) is 9.34. The van der Waals surface area contributed by atoms with Gasteiger partial charge in [0, 0.05) is 31.6 Å². The molecule has 1 saturated heterocycles. The van der Waals surface area contributed by atoms with Gasteiger partial charge < -0.3 is 15.3 Å². The van der Waals surface area contributed by atoms with Crippen LogP contribution in [0.1, 0.15) is 31.1 Å². The first-order valence-electron chi connectivity index (χ1n) is 8.46. The number of carbonyl (C=O) groups is 1. The second-order valence-corrected chi connectivity index (χ2v) is 7.58. The van der Waals surface area contributed by atoms with E-state index in [4.69, 9.17) is 0 Å². The van der Waals surface area contributed by atoms with E-state index in [0.717, 1.165) is 39.0 Å². The number of amides is 2. The molecule has 1 unspecified atom stereocenters. The minimum atomic E-state index is -0.363. The Labute approximate surface area is 143 Å². The molecule has 23 heavy (non-hydrogen) atoms. The standard InChI is InChI=1S/C17H29N3O2S/c1-14(21)5-8-19(2)17(22)18-12-15-6-9-20(10-7-15)13-16-4-3-11-23-16/h3-4,11,14-15,21H,5-10,12-13H2,1-2H3,(H,18,22). The highest BCUT2D eigenvalue weighted by atomic mass is 32.1. The van der Waals surface area contributed by atoms with Gasteiger partial charge in [-0.05, 0) is 56.6 Å². The van der Waals surface area contributed by atoms with Crippen molar-refractivity contribution >= 4 is 17.4 Å². The largest absolute Gasteiger partial charge is 0.393 e. The van der Waals surface area contributed by atoms with Crippen molar-refractivity contribution < 1.29 is 9.90 Å². The summed E-state index contributed by atoms with van der Waals surface area (Å²) in [4.78, 5) is 17.6. The van der Waals surface area contributed by atoms with Gasteiger partial charge in [0.15, 0.2) is 0 Å². The van der Waals surface area contributed by atoms with Crippen molar-refractivity contribution in [2.45, 2.75) is 38.8 Å². The Morgan fingerprint density at radius 1 is 1.52 bits per heavy atom. The lowest BCUT2D eigenvalue weighted by molar-refractivity contribution is 0.158. The topological polar surface area (TPSA) is 55.8 Å². The fraction of sp³-hybridized carbons (Fsp3) is 0.706. The molecule has 130 valence electrons. The Kier molecular flexibility index (Phi) is 7.33. The summed E-state index contributed by atoms with van der Waals surface area (Å²) in [6.45, 7) is 6.36. The van der Waals surface area contributed by atoms with Crippen molar-refractivity contribution in [2.75, 3.05) is 33.2 Å². The number of piperidine rings is 1. The molecular formula is C17H29N3O2S. The molecule has 0 spiro atoms. The van der Waals surface area contributed by atoms with Gasteiger partial charge in [-0.3, -0.25) is 4.90 Å². The summed E-state index contributed by atoms with van der Waals surface area (Å²) in [6, 6.07) is 4.27. The van der Waals surface area contributed by atoms with Gasteiger partial charge in [0.05, 0.1) is 6.10 Å². The summed E-state index contributed by atoms with van der Waals surface area (Å²) in [5.41, 5.74) is 0. The highest BCUT2D eigenvalue weighted by Crippen LogP contribution is 2.20. The highest BCUT2D eigenvalue weighted by molar-refractivity contribution is 7.09. The van der Waals surface area contributed by atoms with Crippen LogP contribution in [0.4, 0.5) is 4.79 Å². The Morgan fingerprint density at radius 3 is 2.87 bits per heavy atom. The molecule has 0 aliphatic carbocycles. The monoisotopic (exact) mass is 339 g/mol. The van der Waals surface area contributed by atoms with E-state index in [9.17, 15) is 9.90 Å². The molecule has 1 atom stereocenters. The van der Waals surface area contributed by atoms with Crippen molar-refractivity contribution in [3.05, 3.63) is 22.4 Å². The minimum Gasteiger partial charge on any atom is -0.393 e. The Bertz CT molecular complexity index is 456. The van der Waals surface area contributed by atoms with E-state index in [1.54, 1.807) is 18.9 Å². The van der Waals surface area contributed by atoms with E-state index in [2.05, 4.69) is 27.7 Å². The second kappa shape index (κ2) is 9.25. The molecule has 2 amide bonds. The maximum Gasteiger partial charge on any atom is 0.317 e. The molecule has 1 aliphatic heterocycles. The Hall–Kier alpha value is -1.11. The average Bonchev–Trinajstić information content (AvgIpc) is 3.04. The van der Waals surface area contributed by atoms with Gasteiger partial charge >= 0.3 is 6.03 Å². The molecule has 0 aromatic carbocycles. The van der Waals surface area contributed by atoms with Crippen LogP contribution in [0.2, 0.25) is 0 Å². The summed E-state index contributed by atoms with van der Waals surface area (Å²) < 4.78 is 0. The molecule has 2 rings (SSSR count). The molecule has 6 heteroatoms. The third kappa shape index (κ3) is 6.49. The van der Waals surface area contributed by atoms with Crippen LogP contribution in [0.3, 0.4) is 0 Å². The molecule has 2 N–H and O–H groups in total. The van der Waals surface area contributed by atoms with E-state index < -0.39 is 0 Å². The van der Waals surface area contributed by atoms with Gasteiger partial charge in [-0.1, -0.05) is 6.07 Å².